The Morgan fingerprint density at radius 3 is 2.37 bits per heavy atom. The second kappa shape index (κ2) is 7.59. The van der Waals surface area contributed by atoms with Gasteiger partial charge in [-0.05, 0) is 61.7 Å². The van der Waals surface area contributed by atoms with Crippen LogP contribution in [0.25, 0.3) is 0 Å². The highest BCUT2D eigenvalue weighted by Gasteiger charge is 2.24. The van der Waals surface area contributed by atoms with Gasteiger partial charge in [0.1, 0.15) is 6.33 Å². The number of halogens is 1. The lowest BCUT2D eigenvalue weighted by atomic mass is 10.1. The first kappa shape index (κ1) is 18.6. The molecule has 0 aliphatic carbocycles. The number of aromatic nitrogens is 2. The smallest absolute Gasteiger partial charge is 0.334 e. The molecule has 2 aromatic carbocycles. The molecule has 8 heteroatoms. The Bertz CT molecular complexity index is 1020. The summed E-state index contributed by atoms with van der Waals surface area (Å²) in [5.74, 6) is 0.201. The van der Waals surface area contributed by atoms with Crippen LogP contribution < -0.4 is 10.6 Å². The highest BCUT2D eigenvalue weighted by Crippen LogP contribution is 2.34. The molecule has 1 heterocycles. The molecule has 0 saturated carbocycles. The second-order valence-corrected chi connectivity index (χ2v) is 6.55. The summed E-state index contributed by atoms with van der Waals surface area (Å²) >= 11 is 6.13. The maximum absolute atomic E-state index is 11.7. The van der Waals surface area contributed by atoms with Crippen LogP contribution in [-0.4, -0.2) is 14.9 Å². The third-order valence-corrected chi connectivity index (χ3v) is 4.70. The van der Waals surface area contributed by atoms with Gasteiger partial charge in [-0.25, -0.2) is 9.97 Å². The molecule has 3 rings (SSSR count). The number of hydrogen-bond acceptors (Lipinski definition) is 6. The lowest BCUT2D eigenvalue weighted by Crippen LogP contribution is -2.06. The maximum atomic E-state index is 11.7. The van der Waals surface area contributed by atoms with Crippen molar-refractivity contribution < 1.29 is 4.92 Å². The molecule has 3 aromatic rings. The van der Waals surface area contributed by atoms with Crippen molar-refractivity contribution in [2.75, 3.05) is 10.6 Å². The van der Waals surface area contributed by atoms with Gasteiger partial charge in [0.25, 0.3) is 0 Å². The van der Waals surface area contributed by atoms with Crippen LogP contribution in [0.1, 0.15) is 16.7 Å². The van der Waals surface area contributed by atoms with Crippen molar-refractivity contribution in [1.29, 1.82) is 0 Å². The van der Waals surface area contributed by atoms with E-state index in [0.717, 1.165) is 16.7 Å². The molecule has 0 aliphatic rings. The predicted molar refractivity (Wildman–Crippen MR) is 107 cm³/mol. The summed E-state index contributed by atoms with van der Waals surface area (Å²) < 4.78 is 0. The van der Waals surface area contributed by atoms with Gasteiger partial charge >= 0.3 is 5.69 Å². The molecular formula is C19H18ClN5O2. The van der Waals surface area contributed by atoms with E-state index in [1.165, 1.54) is 6.33 Å². The van der Waals surface area contributed by atoms with Crippen molar-refractivity contribution in [1.82, 2.24) is 9.97 Å². The highest BCUT2D eigenvalue weighted by atomic mass is 35.5. The molecule has 138 valence electrons. The van der Waals surface area contributed by atoms with E-state index in [2.05, 4.69) is 20.6 Å². The number of rotatable bonds is 5. The summed E-state index contributed by atoms with van der Waals surface area (Å²) in [6.45, 7) is 5.80. The largest absolute Gasteiger partial charge is 0.353 e. The molecule has 0 fully saturated rings. The van der Waals surface area contributed by atoms with E-state index in [1.54, 1.807) is 18.2 Å². The van der Waals surface area contributed by atoms with Gasteiger partial charge in [0.2, 0.25) is 11.6 Å². The number of hydrogen-bond donors (Lipinski definition) is 2. The Hall–Kier alpha value is -3.19. The fourth-order valence-corrected chi connectivity index (χ4v) is 2.74. The fourth-order valence-electron chi connectivity index (χ4n) is 2.56. The lowest BCUT2D eigenvalue weighted by Gasteiger charge is -2.12. The van der Waals surface area contributed by atoms with Crippen molar-refractivity contribution in [3.63, 3.8) is 0 Å². The van der Waals surface area contributed by atoms with E-state index in [4.69, 9.17) is 11.6 Å². The number of nitrogens with zero attached hydrogens (tertiary/aromatic N) is 3. The van der Waals surface area contributed by atoms with Gasteiger partial charge in [-0.3, -0.25) is 10.1 Å². The third-order valence-electron chi connectivity index (χ3n) is 4.30. The first-order chi connectivity index (χ1) is 12.9. The number of nitrogens with one attached hydrogen (secondary N) is 2. The Kier molecular flexibility index (Phi) is 5.23. The van der Waals surface area contributed by atoms with E-state index in [0.29, 0.717) is 16.4 Å². The molecular weight excluding hydrogens is 366 g/mol. The Labute approximate surface area is 161 Å². The van der Waals surface area contributed by atoms with Crippen LogP contribution in [0, 0.1) is 30.9 Å². The summed E-state index contributed by atoms with van der Waals surface area (Å²) in [6, 6.07) is 11.0. The summed E-state index contributed by atoms with van der Waals surface area (Å²) in [7, 11) is 0. The Morgan fingerprint density at radius 2 is 1.70 bits per heavy atom. The van der Waals surface area contributed by atoms with Gasteiger partial charge < -0.3 is 10.6 Å². The summed E-state index contributed by atoms with van der Waals surface area (Å²) in [6.07, 6.45) is 1.28. The molecule has 0 atom stereocenters. The first-order valence-electron chi connectivity index (χ1n) is 8.22. The van der Waals surface area contributed by atoms with Crippen molar-refractivity contribution in [3.8, 4) is 0 Å². The van der Waals surface area contributed by atoms with Crippen molar-refractivity contribution >= 4 is 40.3 Å². The second-order valence-electron chi connectivity index (χ2n) is 6.14. The van der Waals surface area contributed by atoms with Crippen LogP contribution in [0.15, 0.2) is 42.7 Å². The standard InChI is InChI=1S/C19H18ClN5O2/c1-11-7-8-14(9-12(11)2)23-18-17(25(26)27)19(22-10-21-18)24-16-6-4-5-15(20)13(16)3/h4-10H,1-3H3,(H2,21,22,23,24). The van der Waals surface area contributed by atoms with Crippen molar-refractivity contribution in [2.24, 2.45) is 0 Å². The topological polar surface area (TPSA) is 93.0 Å². The number of aryl methyl sites for hydroxylation is 2. The number of benzene rings is 2. The zero-order valence-corrected chi connectivity index (χ0v) is 15.8. The van der Waals surface area contributed by atoms with Crippen LogP contribution in [0.4, 0.5) is 28.7 Å². The molecule has 0 aliphatic heterocycles. The molecule has 0 saturated heterocycles. The van der Waals surface area contributed by atoms with Crippen molar-refractivity contribution in [3.05, 3.63) is 74.6 Å². The normalized spacial score (nSPS) is 10.5. The van der Waals surface area contributed by atoms with Gasteiger partial charge in [0, 0.05) is 16.4 Å². The molecule has 0 radical (unpaired) electrons. The summed E-state index contributed by atoms with van der Waals surface area (Å²) in [5.41, 5.74) is 4.10. The molecule has 27 heavy (non-hydrogen) atoms. The monoisotopic (exact) mass is 383 g/mol. The molecule has 1 aromatic heterocycles. The zero-order valence-electron chi connectivity index (χ0n) is 15.1. The number of nitro groups is 1. The third kappa shape index (κ3) is 3.98. The van der Waals surface area contributed by atoms with Gasteiger partial charge in [0.15, 0.2) is 0 Å². The van der Waals surface area contributed by atoms with E-state index < -0.39 is 4.92 Å². The zero-order chi connectivity index (χ0) is 19.6. The van der Waals surface area contributed by atoms with Crippen LogP contribution in [0.3, 0.4) is 0 Å². The predicted octanol–water partition coefficient (Wildman–Crippen LogP) is 5.45. The summed E-state index contributed by atoms with van der Waals surface area (Å²) in [5, 5.41) is 18.3. The Morgan fingerprint density at radius 1 is 1.00 bits per heavy atom. The van der Waals surface area contributed by atoms with Gasteiger partial charge in [-0.1, -0.05) is 23.7 Å². The minimum absolute atomic E-state index is 0.0895. The van der Waals surface area contributed by atoms with Crippen LogP contribution in [-0.2, 0) is 0 Å². The van der Waals surface area contributed by atoms with Gasteiger partial charge in [-0.15, -0.1) is 0 Å². The van der Waals surface area contributed by atoms with E-state index in [9.17, 15) is 10.1 Å². The van der Waals surface area contributed by atoms with E-state index in [1.807, 2.05) is 39.0 Å². The minimum atomic E-state index is -0.508. The molecule has 2 N–H and O–H groups in total. The van der Waals surface area contributed by atoms with Crippen molar-refractivity contribution in [2.45, 2.75) is 20.8 Å². The minimum Gasteiger partial charge on any atom is -0.334 e. The average Bonchev–Trinajstić information content (AvgIpc) is 2.62. The molecule has 7 nitrogen and oxygen atoms in total. The SMILES string of the molecule is Cc1ccc(Nc2ncnc(Nc3cccc(Cl)c3C)c2[N+](=O)[O-])cc1C. The maximum Gasteiger partial charge on any atom is 0.353 e. The summed E-state index contributed by atoms with van der Waals surface area (Å²) in [4.78, 5) is 19.3. The number of anilines is 4. The Balaban J connectivity index is 2.01. The van der Waals surface area contributed by atoms with Crippen LogP contribution >= 0.6 is 11.6 Å². The van der Waals surface area contributed by atoms with Gasteiger partial charge in [0.05, 0.1) is 4.92 Å². The van der Waals surface area contributed by atoms with E-state index in [-0.39, 0.29) is 17.3 Å². The average molecular weight is 384 g/mol. The van der Waals surface area contributed by atoms with Crippen LogP contribution in [0.2, 0.25) is 5.02 Å². The molecule has 0 spiro atoms. The molecule has 0 bridgehead atoms. The molecule has 0 amide bonds. The highest BCUT2D eigenvalue weighted by molar-refractivity contribution is 6.31. The van der Waals surface area contributed by atoms with Crippen LogP contribution in [0.5, 0.6) is 0 Å². The lowest BCUT2D eigenvalue weighted by molar-refractivity contribution is -0.383. The quantitative estimate of drug-likeness (QED) is 0.449. The fraction of sp³-hybridized carbons (Fsp3) is 0.158. The first-order valence-corrected chi connectivity index (χ1v) is 8.60. The van der Waals surface area contributed by atoms with E-state index >= 15 is 0 Å². The van der Waals surface area contributed by atoms with Gasteiger partial charge in [-0.2, -0.15) is 0 Å². The molecule has 0 unspecified atom stereocenters.